The van der Waals surface area contributed by atoms with Crippen LogP contribution in [0.4, 0.5) is 24.7 Å². The van der Waals surface area contributed by atoms with Crippen molar-refractivity contribution in [2.45, 2.75) is 25.6 Å². The minimum Gasteiger partial charge on any atom is -0.342 e. The molecule has 0 aromatic carbocycles. The molecule has 2 heterocycles. The van der Waals surface area contributed by atoms with Crippen LogP contribution >= 0.6 is 0 Å². The van der Waals surface area contributed by atoms with Crippen LogP contribution in [0.25, 0.3) is 0 Å². The van der Waals surface area contributed by atoms with Crippen molar-refractivity contribution >= 4 is 17.4 Å². The molecular formula is C13H15F3N4O3. The number of nitro groups is 1. The lowest BCUT2D eigenvalue weighted by Gasteiger charge is -2.25. The highest BCUT2D eigenvalue weighted by Gasteiger charge is 2.42. The van der Waals surface area contributed by atoms with Gasteiger partial charge in [0, 0.05) is 25.9 Å². The summed E-state index contributed by atoms with van der Waals surface area (Å²) in [6.07, 6.45) is -2.92. The predicted octanol–water partition coefficient (Wildman–Crippen LogP) is 1.90. The van der Waals surface area contributed by atoms with Gasteiger partial charge in [-0.15, -0.1) is 0 Å². The van der Waals surface area contributed by atoms with E-state index in [1.54, 1.807) is 6.92 Å². The third-order valence-electron chi connectivity index (χ3n) is 3.62. The maximum absolute atomic E-state index is 12.4. The summed E-state index contributed by atoms with van der Waals surface area (Å²) in [4.78, 5) is 28.6. The molecule has 10 heteroatoms. The summed E-state index contributed by atoms with van der Waals surface area (Å²) in [5.41, 5.74) is 0.292. The summed E-state index contributed by atoms with van der Waals surface area (Å²) >= 11 is 0. The Balaban J connectivity index is 2.24. The molecule has 1 amide bonds. The Morgan fingerprint density at radius 2 is 2.17 bits per heavy atom. The van der Waals surface area contributed by atoms with Gasteiger partial charge in [0.1, 0.15) is 12.6 Å². The Morgan fingerprint density at radius 3 is 2.74 bits per heavy atom. The van der Waals surface area contributed by atoms with Crippen molar-refractivity contribution in [3.8, 4) is 0 Å². The lowest BCUT2D eigenvalue weighted by Crippen LogP contribution is -2.43. The van der Waals surface area contributed by atoms with Crippen LogP contribution in [0.15, 0.2) is 12.3 Å². The van der Waals surface area contributed by atoms with Gasteiger partial charge in [0.05, 0.1) is 4.92 Å². The van der Waals surface area contributed by atoms with Crippen LogP contribution in [0.1, 0.15) is 12.0 Å². The van der Waals surface area contributed by atoms with Gasteiger partial charge in [0.25, 0.3) is 0 Å². The van der Waals surface area contributed by atoms with Crippen LogP contribution in [-0.2, 0) is 4.79 Å². The average Bonchev–Trinajstić information content (AvgIpc) is 2.77. The second-order valence-electron chi connectivity index (χ2n) is 5.40. The number of anilines is 1. The number of likely N-dealkylation sites (N-methyl/N-ethyl adjacent to an activating group) is 1. The summed E-state index contributed by atoms with van der Waals surface area (Å²) in [5, 5.41) is 11.1. The van der Waals surface area contributed by atoms with Gasteiger partial charge < -0.3 is 9.80 Å². The number of aromatic nitrogens is 1. The summed E-state index contributed by atoms with van der Waals surface area (Å²) in [6, 6.07) is 0.414. The molecule has 126 valence electrons. The van der Waals surface area contributed by atoms with E-state index < -0.39 is 29.6 Å². The molecule has 2 rings (SSSR count). The maximum atomic E-state index is 12.4. The predicted molar refractivity (Wildman–Crippen MR) is 75.1 cm³/mol. The van der Waals surface area contributed by atoms with Crippen LogP contribution in [0.5, 0.6) is 0 Å². The van der Waals surface area contributed by atoms with Gasteiger partial charge in [-0.2, -0.15) is 13.2 Å². The quantitative estimate of drug-likeness (QED) is 0.621. The van der Waals surface area contributed by atoms with Gasteiger partial charge in [-0.3, -0.25) is 14.9 Å². The first-order chi connectivity index (χ1) is 10.6. The number of amides is 1. The number of rotatable bonds is 4. The van der Waals surface area contributed by atoms with Crippen molar-refractivity contribution in [1.29, 1.82) is 0 Å². The average molecular weight is 332 g/mol. The lowest BCUT2D eigenvalue weighted by atomic mass is 10.2. The largest absolute Gasteiger partial charge is 0.406 e. The van der Waals surface area contributed by atoms with E-state index in [0.717, 1.165) is 0 Å². The van der Waals surface area contributed by atoms with E-state index in [4.69, 9.17) is 0 Å². The number of nitrogens with zero attached hydrogens (tertiary/aromatic N) is 4. The molecule has 1 aromatic heterocycles. The number of hydrogen-bond acceptors (Lipinski definition) is 5. The molecule has 0 radical (unpaired) electrons. The molecule has 1 aromatic rings. The molecule has 0 bridgehead atoms. The highest BCUT2D eigenvalue weighted by atomic mass is 19.4. The minimum absolute atomic E-state index is 0.0344. The van der Waals surface area contributed by atoms with E-state index in [1.807, 2.05) is 0 Å². The zero-order valence-electron chi connectivity index (χ0n) is 12.5. The third kappa shape index (κ3) is 3.69. The molecule has 23 heavy (non-hydrogen) atoms. The van der Waals surface area contributed by atoms with E-state index in [1.165, 1.54) is 24.2 Å². The van der Waals surface area contributed by atoms with Crippen LogP contribution in [0, 0.1) is 17.0 Å². The number of alkyl halides is 3. The SMILES string of the molecule is Cc1cnc(N(C)C2CCN(CC(F)(F)F)C2=O)c([N+](=O)[O-])c1. The molecule has 7 nitrogen and oxygen atoms in total. The smallest absolute Gasteiger partial charge is 0.342 e. The summed E-state index contributed by atoms with van der Waals surface area (Å²) in [6.45, 7) is 0.266. The molecule has 1 aliphatic rings. The van der Waals surface area contributed by atoms with E-state index in [2.05, 4.69) is 4.98 Å². The number of pyridine rings is 1. The maximum Gasteiger partial charge on any atom is 0.406 e. The Morgan fingerprint density at radius 1 is 1.52 bits per heavy atom. The number of carbonyl (C=O) groups excluding carboxylic acids is 1. The molecule has 1 atom stereocenters. The Bertz CT molecular complexity index is 635. The molecule has 1 saturated heterocycles. The minimum atomic E-state index is -4.47. The molecule has 1 aliphatic heterocycles. The number of hydrogen-bond donors (Lipinski definition) is 0. The normalized spacial score (nSPS) is 18.4. The first-order valence-electron chi connectivity index (χ1n) is 6.79. The van der Waals surface area contributed by atoms with Crippen LogP contribution in [0.2, 0.25) is 0 Å². The molecule has 0 N–H and O–H groups in total. The van der Waals surface area contributed by atoms with E-state index in [9.17, 15) is 28.1 Å². The fraction of sp³-hybridized carbons (Fsp3) is 0.538. The standard InChI is InChI=1S/C13H15F3N4O3/c1-8-5-10(20(22)23)11(17-6-8)18(2)9-3-4-19(12(9)21)7-13(14,15)16/h5-6,9H,3-4,7H2,1-2H3. The summed E-state index contributed by atoms with van der Waals surface area (Å²) in [5.74, 6) is -0.741. The fourth-order valence-electron chi connectivity index (χ4n) is 2.56. The molecule has 0 saturated carbocycles. The van der Waals surface area contributed by atoms with E-state index in [-0.39, 0.29) is 24.5 Å². The van der Waals surface area contributed by atoms with Gasteiger partial charge in [-0.05, 0) is 18.9 Å². The van der Waals surface area contributed by atoms with Crippen LogP contribution < -0.4 is 4.90 Å². The molecule has 0 aliphatic carbocycles. The van der Waals surface area contributed by atoms with Gasteiger partial charge in [0.2, 0.25) is 11.7 Å². The van der Waals surface area contributed by atoms with Crippen LogP contribution in [-0.4, -0.2) is 53.1 Å². The summed E-state index contributed by atoms with van der Waals surface area (Å²) < 4.78 is 37.3. The van der Waals surface area contributed by atoms with Crippen molar-refractivity contribution in [3.63, 3.8) is 0 Å². The number of likely N-dealkylation sites (tertiary alicyclic amines) is 1. The van der Waals surface area contributed by atoms with E-state index >= 15 is 0 Å². The fourth-order valence-corrected chi connectivity index (χ4v) is 2.56. The lowest BCUT2D eigenvalue weighted by molar-refractivity contribution is -0.384. The van der Waals surface area contributed by atoms with Crippen molar-refractivity contribution < 1.29 is 22.9 Å². The number of halogens is 3. The third-order valence-corrected chi connectivity index (χ3v) is 3.62. The number of carbonyl (C=O) groups is 1. The second kappa shape index (κ2) is 6.01. The van der Waals surface area contributed by atoms with Crippen molar-refractivity contribution in [3.05, 3.63) is 27.9 Å². The highest BCUT2D eigenvalue weighted by molar-refractivity contribution is 5.87. The van der Waals surface area contributed by atoms with Gasteiger partial charge in [0.15, 0.2) is 0 Å². The molecule has 1 fully saturated rings. The Hall–Kier alpha value is -2.39. The Kier molecular flexibility index (Phi) is 4.44. The highest BCUT2D eigenvalue weighted by Crippen LogP contribution is 2.30. The molecule has 1 unspecified atom stereocenters. The Labute approximate surface area is 129 Å². The molecule has 0 spiro atoms. The van der Waals surface area contributed by atoms with Gasteiger partial charge in [-0.25, -0.2) is 4.98 Å². The first-order valence-corrected chi connectivity index (χ1v) is 6.79. The number of aryl methyl sites for hydroxylation is 1. The van der Waals surface area contributed by atoms with Gasteiger partial charge in [-0.1, -0.05) is 0 Å². The van der Waals surface area contributed by atoms with E-state index in [0.29, 0.717) is 10.5 Å². The first kappa shape index (κ1) is 17.0. The van der Waals surface area contributed by atoms with Crippen molar-refractivity contribution in [1.82, 2.24) is 9.88 Å². The summed E-state index contributed by atoms with van der Waals surface area (Å²) in [7, 11) is 1.42. The zero-order chi connectivity index (χ0) is 17.4. The van der Waals surface area contributed by atoms with Crippen molar-refractivity contribution in [2.75, 3.05) is 25.0 Å². The van der Waals surface area contributed by atoms with Crippen molar-refractivity contribution in [2.24, 2.45) is 0 Å². The zero-order valence-corrected chi connectivity index (χ0v) is 12.5. The topological polar surface area (TPSA) is 79.6 Å². The monoisotopic (exact) mass is 332 g/mol. The second-order valence-corrected chi connectivity index (χ2v) is 5.40. The van der Waals surface area contributed by atoms with Crippen LogP contribution in [0.3, 0.4) is 0 Å². The molecular weight excluding hydrogens is 317 g/mol. The van der Waals surface area contributed by atoms with Gasteiger partial charge >= 0.3 is 11.9 Å².